The van der Waals surface area contributed by atoms with Crippen molar-refractivity contribution in [3.8, 4) is 0 Å². The van der Waals surface area contributed by atoms with Crippen molar-refractivity contribution in [2.24, 2.45) is 0 Å². The van der Waals surface area contributed by atoms with Crippen LogP contribution in [0.4, 0.5) is 5.69 Å². The van der Waals surface area contributed by atoms with Gasteiger partial charge in [-0.25, -0.2) is 4.79 Å². The molecule has 1 N–H and O–H groups in total. The van der Waals surface area contributed by atoms with Gasteiger partial charge >= 0.3 is 5.97 Å². The highest BCUT2D eigenvalue weighted by Crippen LogP contribution is 2.32. The van der Waals surface area contributed by atoms with E-state index in [4.69, 9.17) is 9.26 Å². The normalized spacial score (nSPS) is 11.4. The van der Waals surface area contributed by atoms with Gasteiger partial charge in [-0.15, -0.1) is 0 Å². The Morgan fingerprint density at radius 1 is 1.04 bits per heavy atom. The second-order valence-electron chi connectivity index (χ2n) is 7.91. The van der Waals surface area contributed by atoms with Gasteiger partial charge in [0.05, 0.1) is 5.69 Å². The van der Waals surface area contributed by atoms with Gasteiger partial charge in [-0.3, -0.25) is 4.79 Å². The molecule has 0 spiro atoms. The number of hydrogen-bond acceptors (Lipinski definition) is 5. The van der Waals surface area contributed by atoms with Gasteiger partial charge in [0.2, 0.25) is 0 Å². The molecular weight excluding hydrogens is 356 g/mol. The third-order valence-electron chi connectivity index (χ3n) is 4.59. The third-order valence-corrected chi connectivity index (χ3v) is 4.59. The van der Waals surface area contributed by atoms with Crippen LogP contribution in [0.25, 0.3) is 0 Å². The van der Waals surface area contributed by atoms with Crippen LogP contribution in [0.1, 0.15) is 92.2 Å². The molecule has 0 fully saturated rings. The molecule has 1 aromatic heterocycles. The van der Waals surface area contributed by atoms with Crippen molar-refractivity contribution in [3.63, 3.8) is 0 Å². The third kappa shape index (κ3) is 4.80. The molecule has 2 rings (SSSR count). The number of para-hydroxylation sites is 1. The number of amides is 1. The molecule has 1 heterocycles. The molecule has 0 radical (unpaired) electrons. The van der Waals surface area contributed by atoms with Crippen molar-refractivity contribution < 1.29 is 18.8 Å². The van der Waals surface area contributed by atoms with Gasteiger partial charge in [-0.1, -0.05) is 64.9 Å². The molecule has 0 bridgehead atoms. The number of benzene rings is 1. The van der Waals surface area contributed by atoms with Gasteiger partial charge in [0, 0.05) is 11.6 Å². The lowest BCUT2D eigenvalue weighted by atomic mass is 9.92. The first-order valence-electron chi connectivity index (χ1n) is 9.69. The van der Waals surface area contributed by atoms with E-state index in [-0.39, 0.29) is 30.3 Å². The van der Waals surface area contributed by atoms with Crippen LogP contribution in [0.5, 0.6) is 0 Å². The lowest BCUT2D eigenvalue weighted by molar-refractivity contribution is -0.119. The minimum absolute atomic E-state index is 0.0101. The van der Waals surface area contributed by atoms with E-state index < -0.39 is 5.97 Å². The summed E-state index contributed by atoms with van der Waals surface area (Å²) in [5.74, 6) is -0.00348. The molecule has 0 saturated heterocycles. The first-order chi connectivity index (χ1) is 13.1. The molecule has 0 aliphatic carbocycles. The molecule has 6 heteroatoms. The van der Waals surface area contributed by atoms with Gasteiger partial charge in [0.25, 0.3) is 5.91 Å². The number of hydrogen-bond donors (Lipinski definition) is 1. The van der Waals surface area contributed by atoms with Crippen LogP contribution in [0.15, 0.2) is 22.7 Å². The summed E-state index contributed by atoms with van der Waals surface area (Å²) in [4.78, 5) is 25.0. The molecule has 1 aromatic carbocycles. The van der Waals surface area contributed by atoms with Crippen LogP contribution in [-0.4, -0.2) is 23.6 Å². The Hall–Kier alpha value is -2.63. The van der Waals surface area contributed by atoms with E-state index in [1.807, 2.05) is 32.0 Å². The Balaban J connectivity index is 2.14. The van der Waals surface area contributed by atoms with Crippen LogP contribution >= 0.6 is 0 Å². The molecule has 0 aliphatic heterocycles. The molecule has 6 nitrogen and oxygen atoms in total. The van der Waals surface area contributed by atoms with E-state index in [0.717, 1.165) is 16.8 Å². The van der Waals surface area contributed by atoms with Gasteiger partial charge in [-0.05, 0) is 29.9 Å². The van der Waals surface area contributed by atoms with E-state index in [2.05, 4.69) is 38.2 Å². The van der Waals surface area contributed by atoms with E-state index in [9.17, 15) is 9.59 Å². The zero-order valence-corrected chi connectivity index (χ0v) is 17.8. The highest BCUT2D eigenvalue weighted by atomic mass is 16.5. The van der Waals surface area contributed by atoms with Crippen molar-refractivity contribution in [2.45, 2.75) is 66.2 Å². The van der Waals surface area contributed by atoms with Crippen molar-refractivity contribution in [1.82, 2.24) is 5.16 Å². The molecule has 28 heavy (non-hydrogen) atoms. The van der Waals surface area contributed by atoms with Gasteiger partial charge in [0.1, 0.15) is 5.56 Å². The van der Waals surface area contributed by atoms with Crippen LogP contribution in [-0.2, 0) is 9.53 Å². The minimum atomic E-state index is -0.598. The predicted molar refractivity (Wildman–Crippen MR) is 109 cm³/mol. The first-order valence-corrected chi connectivity index (χ1v) is 9.69. The highest BCUT2D eigenvalue weighted by molar-refractivity contribution is 5.97. The number of aryl methyl sites for hydroxylation is 1. The molecule has 152 valence electrons. The summed E-state index contributed by atoms with van der Waals surface area (Å²) in [6, 6.07) is 6.02. The van der Waals surface area contributed by atoms with E-state index >= 15 is 0 Å². The molecule has 1 amide bonds. The van der Waals surface area contributed by atoms with Crippen LogP contribution in [0.2, 0.25) is 0 Å². The fourth-order valence-corrected chi connectivity index (χ4v) is 3.10. The fraction of sp³-hybridized carbons (Fsp3) is 0.500. The van der Waals surface area contributed by atoms with E-state index in [1.54, 1.807) is 6.92 Å². The summed E-state index contributed by atoms with van der Waals surface area (Å²) in [6.45, 7) is 13.4. The van der Waals surface area contributed by atoms with E-state index in [1.165, 1.54) is 0 Å². The number of rotatable bonds is 7. The number of nitrogens with zero attached hydrogens (tertiary/aromatic N) is 1. The first kappa shape index (κ1) is 21.7. The van der Waals surface area contributed by atoms with Gasteiger partial charge in [-0.2, -0.15) is 0 Å². The lowest BCUT2D eigenvalue weighted by Crippen LogP contribution is -2.23. The minimum Gasteiger partial charge on any atom is -0.452 e. The quantitative estimate of drug-likeness (QED) is 0.666. The fourth-order valence-electron chi connectivity index (χ4n) is 3.10. The van der Waals surface area contributed by atoms with Gasteiger partial charge < -0.3 is 14.6 Å². The molecule has 0 unspecified atom stereocenters. The smallest absolute Gasteiger partial charge is 0.344 e. The van der Waals surface area contributed by atoms with Crippen LogP contribution in [0, 0.1) is 6.92 Å². The Morgan fingerprint density at radius 2 is 1.61 bits per heavy atom. The Kier molecular flexibility index (Phi) is 7.00. The maximum Gasteiger partial charge on any atom is 0.344 e. The maximum absolute atomic E-state index is 12.5. The van der Waals surface area contributed by atoms with Crippen LogP contribution in [0.3, 0.4) is 0 Å². The second-order valence-corrected chi connectivity index (χ2v) is 7.91. The SMILES string of the molecule is Cc1noc(C(C)C)c1C(=O)OCC(=O)Nc1c(C(C)C)cccc1C(C)C. The number of ether oxygens (including phenoxy) is 1. The van der Waals surface area contributed by atoms with E-state index in [0.29, 0.717) is 17.0 Å². The summed E-state index contributed by atoms with van der Waals surface area (Å²) < 4.78 is 10.5. The number of esters is 1. The summed E-state index contributed by atoms with van der Waals surface area (Å²) in [7, 11) is 0. The summed E-state index contributed by atoms with van der Waals surface area (Å²) >= 11 is 0. The predicted octanol–water partition coefficient (Wildman–Crippen LogP) is 5.15. The molecule has 0 aliphatic rings. The standard InChI is InChI=1S/C22H30N2O4/c1-12(2)16-9-8-10-17(13(3)4)20(16)23-18(25)11-27-22(26)19-15(7)24-28-21(19)14(5)6/h8-10,12-14H,11H2,1-7H3,(H,23,25). The highest BCUT2D eigenvalue weighted by Gasteiger charge is 2.25. The maximum atomic E-state index is 12.5. The molecule has 2 aromatic rings. The Morgan fingerprint density at radius 3 is 2.11 bits per heavy atom. The largest absolute Gasteiger partial charge is 0.452 e. The average Bonchev–Trinajstić information content (AvgIpc) is 3.01. The number of carbonyl (C=O) groups excluding carboxylic acids is 2. The Labute approximate surface area is 166 Å². The number of carbonyl (C=O) groups is 2. The second kappa shape index (κ2) is 9.04. The summed E-state index contributed by atoms with van der Waals surface area (Å²) in [5, 5.41) is 6.78. The number of anilines is 1. The summed E-state index contributed by atoms with van der Waals surface area (Å²) in [5.41, 5.74) is 3.68. The monoisotopic (exact) mass is 386 g/mol. The summed E-state index contributed by atoms with van der Waals surface area (Å²) in [6.07, 6.45) is 0. The average molecular weight is 386 g/mol. The lowest BCUT2D eigenvalue weighted by Gasteiger charge is -2.20. The topological polar surface area (TPSA) is 81.4 Å². The molecular formula is C22H30N2O4. The van der Waals surface area contributed by atoms with Crippen molar-refractivity contribution in [2.75, 3.05) is 11.9 Å². The Bertz CT molecular complexity index is 824. The number of aromatic nitrogens is 1. The van der Waals surface area contributed by atoms with Gasteiger partial charge in [0.15, 0.2) is 12.4 Å². The van der Waals surface area contributed by atoms with Crippen molar-refractivity contribution in [3.05, 3.63) is 46.3 Å². The van der Waals surface area contributed by atoms with Crippen molar-refractivity contribution in [1.29, 1.82) is 0 Å². The van der Waals surface area contributed by atoms with Crippen LogP contribution < -0.4 is 5.32 Å². The number of nitrogens with one attached hydrogen (secondary N) is 1. The van der Waals surface area contributed by atoms with Crippen molar-refractivity contribution >= 4 is 17.6 Å². The zero-order chi connectivity index (χ0) is 21.0. The molecule has 0 atom stereocenters. The molecule has 0 saturated carbocycles. The zero-order valence-electron chi connectivity index (χ0n) is 17.8.